The van der Waals surface area contributed by atoms with Crippen molar-refractivity contribution in [2.75, 3.05) is 18.4 Å². The van der Waals surface area contributed by atoms with Crippen molar-refractivity contribution in [3.8, 4) is 0 Å². The molecule has 0 saturated carbocycles. The molecule has 0 bridgehead atoms. The summed E-state index contributed by atoms with van der Waals surface area (Å²) in [6.07, 6.45) is 2.03. The zero-order valence-corrected chi connectivity index (χ0v) is 11.9. The zero-order valence-electron chi connectivity index (χ0n) is 10.3. The summed E-state index contributed by atoms with van der Waals surface area (Å²) in [4.78, 5) is 13.7. The maximum atomic E-state index is 11.9. The molecule has 98 valence electrons. The molecule has 0 N–H and O–H groups in total. The van der Waals surface area contributed by atoms with Crippen LogP contribution in [0.25, 0.3) is 0 Å². The van der Waals surface area contributed by atoms with Crippen molar-refractivity contribution in [1.82, 2.24) is 4.90 Å². The lowest BCUT2D eigenvalue weighted by molar-refractivity contribution is 0.103. The van der Waals surface area contributed by atoms with Gasteiger partial charge in [0.2, 0.25) is 0 Å². The number of likely N-dealkylation sites (tertiary alicyclic amines) is 1. The minimum atomic E-state index is -0.184. The van der Waals surface area contributed by atoms with E-state index in [1.165, 1.54) is 0 Å². The molecule has 1 fully saturated rings. The Kier molecular flexibility index (Phi) is 5.05. The van der Waals surface area contributed by atoms with Crippen molar-refractivity contribution in [2.24, 2.45) is 5.92 Å². The lowest BCUT2D eigenvalue weighted by Gasteiger charge is -2.16. The summed E-state index contributed by atoms with van der Waals surface area (Å²) in [6.45, 7) is 2.02. The van der Waals surface area contributed by atoms with Gasteiger partial charge in [-0.05, 0) is 24.3 Å². The summed E-state index contributed by atoms with van der Waals surface area (Å²) in [7, 11) is 0. The highest BCUT2D eigenvalue weighted by atomic mass is 79.9. The number of ether oxygens (including phenoxy) is 1. The van der Waals surface area contributed by atoms with Gasteiger partial charge in [0, 0.05) is 18.4 Å². The number of hydrogen-bond donors (Lipinski definition) is 0. The minimum absolute atomic E-state index is 0.184. The smallest absolute Gasteiger partial charge is 0.410 e. The van der Waals surface area contributed by atoms with Crippen LogP contribution in [0.15, 0.2) is 30.3 Å². The van der Waals surface area contributed by atoms with Gasteiger partial charge in [-0.3, -0.25) is 0 Å². The van der Waals surface area contributed by atoms with E-state index >= 15 is 0 Å². The average molecular weight is 312 g/mol. The molecule has 1 aliphatic rings. The van der Waals surface area contributed by atoms with Crippen molar-refractivity contribution in [3.05, 3.63) is 35.9 Å². The van der Waals surface area contributed by atoms with Crippen LogP contribution in [0, 0.1) is 5.92 Å². The van der Waals surface area contributed by atoms with Crippen molar-refractivity contribution < 1.29 is 9.53 Å². The third-order valence-electron chi connectivity index (χ3n) is 3.27. The van der Waals surface area contributed by atoms with E-state index in [4.69, 9.17) is 4.74 Å². The third-order valence-corrected chi connectivity index (χ3v) is 3.72. The number of carbonyl (C=O) groups excluding carboxylic acids is 1. The molecule has 0 radical (unpaired) electrons. The van der Waals surface area contributed by atoms with Crippen LogP contribution >= 0.6 is 15.9 Å². The van der Waals surface area contributed by atoms with Gasteiger partial charge in [-0.15, -0.1) is 0 Å². The number of alkyl halides is 1. The number of halogens is 1. The van der Waals surface area contributed by atoms with E-state index < -0.39 is 0 Å². The van der Waals surface area contributed by atoms with Crippen LogP contribution in [0.2, 0.25) is 0 Å². The van der Waals surface area contributed by atoms with Crippen LogP contribution in [0.1, 0.15) is 18.4 Å². The van der Waals surface area contributed by atoms with E-state index in [9.17, 15) is 4.79 Å². The number of carbonyl (C=O) groups is 1. The van der Waals surface area contributed by atoms with Gasteiger partial charge in [-0.1, -0.05) is 46.3 Å². The lowest BCUT2D eigenvalue weighted by atomic mass is 10.1. The normalized spacial score (nSPS) is 18.9. The fourth-order valence-electron chi connectivity index (χ4n) is 2.20. The number of nitrogens with zero attached hydrogens (tertiary/aromatic N) is 1. The third kappa shape index (κ3) is 3.73. The van der Waals surface area contributed by atoms with E-state index in [0.717, 1.165) is 36.8 Å². The molecule has 1 amide bonds. The van der Waals surface area contributed by atoms with Gasteiger partial charge >= 0.3 is 6.09 Å². The zero-order chi connectivity index (χ0) is 12.8. The highest BCUT2D eigenvalue weighted by molar-refractivity contribution is 9.09. The van der Waals surface area contributed by atoms with E-state index in [-0.39, 0.29) is 6.09 Å². The van der Waals surface area contributed by atoms with Crippen LogP contribution in [0.3, 0.4) is 0 Å². The fourth-order valence-corrected chi connectivity index (χ4v) is 2.85. The highest BCUT2D eigenvalue weighted by Crippen LogP contribution is 2.21. The Morgan fingerprint density at radius 3 is 2.89 bits per heavy atom. The van der Waals surface area contributed by atoms with E-state index in [1.54, 1.807) is 0 Å². The molecule has 1 aromatic carbocycles. The predicted octanol–water partition coefficient (Wildman–Crippen LogP) is 3.43. The molecule has 1 saturated heterocycles. The van der Waals surface area contributed by atoms with Gasteiger partial charge in [0.05, 0.1) is 0 Å². The average Bonchev–Trinajstić information content (AvgIpc) is 2.86. The molecule has 3 nitrogen and oxygen atoms in total. The molecule has 1 aromatic rings. The first kappa shape index (κ1) is 13.4. The second-order valence-corrected chi connectivity index (χ2v) is 5.41. The van der Waals surface area contributed by atoms with Crippen molar-refractivity contribution >= 4 is 22.0 Å². The Labute approximate surface area is 116 Å². The maximum Gasteiger partial charge on any atom is 0.410 e. The first-order valence-electron chi connectivity index (χ1n) is 6.31. The van der Waals surface area contributed by atoms with E-state index in [1.807, 2.05) is 35.2 Å². The molecular formula is C14H18BrNO2. The van der Waals surface area contributed by atoms with Crippen molar-refractivity contribution in [1.29, 1.82) is 0 Å². The molecule has 1 aliphatic heterocycles. The van der Waals surface area contributed by atoms with Crippen LogP contribution in [0.5, 0.6) is 0 Å². The molecule has 0 spiro atoms. The summed E-state index contributed by atoms with van der Waals surface area (Å²) >= 11 is 3.44. The van der Waals surface area contributed by atoms with Crippen molar-refractivity contribution in [2.45, 2.75) is 19.4 Å². The standard InChI is InChI=1S/C14H18BrNO2/c15-8-6-12-7-9-16(10-12)14(17)18-11-13-4-2-1-3-5-13/h1-5,12H,6-11H2/t12-/m0/s1. The molecule has 18 heavy (non-hydrogen) atoms. The molecule has 2 rings (SSSR count). The first-order valence-corrected chi connectivity index (χ1v) is 7.43. The van der Waals surface area contributed by atoms with Gasteiger partial charge < -0.3 is 9.64 Å². The summed E-state index contributed by atoms with van der Waals surface area (Å²) in [6, 6.07) is 9.78. The minimum Gasteiger partial charge on any atom is -0.445 e. The molecule has 0 unspecified atom stereocenters. The summed E-state index contributed by atoms with van der Waals surface area (Å²) in [5.41, 5.74) is 1.03. The van der Waals surface area contributed by atoms with Crippen LogP contribution in [-0.2, 0) is 11.3 Å². The van der Waals surface area contributed by atoms with Crippen molar-refractivity contribution in [3.63, 3.8) is 0 Å². The predicted molar refractivity (Wildman–Crippen MR) is 74.7 cm³/mol. The Hall–Kier alpha value is -1.03. The Morgan fingerprint density at radius 2 is 2.17 bits per heavy atom. The Bertz CT molecular complexity index is 383. The van der Waals surface area contributed by atoms with Gasteiger partial charge in [-0.25, -0.2) is 4.79 Å². The summed E-state index contributed by atoms with van der Waals surface area (Å²) in [5, 5.41) is 1.00. The maximum absolute atomic E-state index is 11.9. The summed E-state index contributed by atoms with van der Waals surface area (Å²) < 4.78 is 5.31. The van der Waals surface area contributed by atoms with Gasteiger partial charge in [0.1, 0.15) is 6.61 Å². The topological polar surface area (TPSA) is 29.5 Å². The Morgan fingerprint density at radius 1 is 1.39 bits per heavy atom. The van der Waals surface area contributed by atoms with Gasteiger partial charge in [0.25, 0.3) is 0 Å². The molecular weight excluding hydrogens is 294 g/mol. The van der Waals surface area contributed by atoms with Gasteiger partial charge in [-0.2, -0.15) is 0 Å². The Balaban J connectivity index is 1.76. The van der Waals surface area contributed by atoms with Crippen LogP contribution in [0.4, 0.5) is 4.79 Å². The van der Waals surface area contributed by atoms with E-state index in [2.05, 4.69) is 15.9 Å². The number of hydrogen-bond acceptors (Lipinski definition) is 2. The molecule has 0 aromatic heterocycles. The highest BCUT2D eigenvalue weighted by Gasteiger charge is 2.26. The quantitative estimate of drug-likeness (QED) is 0.797. The monoisotopic (exact) mass is 311 g/mol. The molecule has 1 heterocycles. The lowest BCUT2D eigenvalue weighted by Crippen LogP contribution is -2.29. The molecule has 0 aliphatic carbocycles. The molecule has 4 heteroatoms. The number of rotatable bonds is 4. The largest absolute Gasteiger partial charge is 0.445 e. The SMILES string of the molecule is O=C(OCc1ccccc1)N1CC[C@H](CCBr)C1. The fraction of sp³-hybridized carbons (Fsp3) is 0.500. The summed E-state index contributed by atoms with van der Waals surface area (Å²) in [5.74, 6) is 0.619. The number of amides is 1. The first-order chi connectivity index (χ1) is 8.79. The molecule has 1 atom stereocenters. The van der Waals surface area contributed by atoms with Gasteiger partial charge in [0.15, 0.2) is 0 Å². The number of benzene rings is 1. The van der Waals surface area contributed by atoms with Crippen LogP contribution in [-0.4, -0.2) is 29.4 Å². The van der Waals surface area contributed by atoms with E-state index in [0.29, 0.717) is 12.5 Å². The second-order valence-electron chi connectivity index (χ2n) is 4.62. The second kappa shape index (κ2) is 6.78. The van der Waals surface area contributed by atoms with Crippen LogP contribution < -0.4 is 0 Å².